The van der Waals surface area contributed by atoms with E-state index < -0.39 is 0 Å². The van der Waals surface area contributed by atoms with Gasteiger partial charge in [-0.3, -0.25) is 0 Å². The second-order valence-corrected chi connectivity index (χ2v) is 5.18. The molecule has 2 heterocycles. The molecule has 3 heteroatoms. The van der Waals surface area contributed by atoms with E-state index in [9.17, 15) is 0 Å². The fourth-order valence-corrected chi connectivity index (χ4v) is 3.33. The number of fused-ring (bicyclic) bond motifs is 1. The number of thiazole rings is 1. The lowest BCUT2D eigenvalue weighted by atomic mass is 10.2. The molecular weight excluding hydrogens is 242 g/mol. The molecule has 0 aliphatic heterocycles. The number of hydrogen-bond acceptors (Lipinski definition) is 2. The van der Waals surface area contributed by atoms with Crippen LogP contribution in [0.3, 0.4) is 0 Å². The van der Waals surface area contributed by atoms with Crippen LogP contribution in [0, 0.1) is 6.92 Å². The summed E-state index contributed by atoms with van der Waals surface area (Å²) in [6, 6.07) is 16.7. The van der Waals surface area contributed by atoms with Crippen molar-refractivity contribution in [3.05, 3.63) is 54.2 Å². The monoisotopic (exact) mass is 256 g/mol. The van der Waals surface area contributed by atoms with Crippen molar-refractivity contribution in [3.8, 4) is 16.3 Å². The Kier molecular flexibility index (Phi) is 2.76. The summed E-state index contributed by atoms with van der Waals surface area (Å²) in [5.74, 6) is 0.916. The lowest BCUT2D eigenvalue weighted by molar-refractivity contribution is -0.524. The smallest absolute Gasteiger partial charge is 0.393 e. The molecule has 0 unspecified atom stereocenters. The highest BCUT2D eigenvalue weighted by Crippen LogP contribution is 2.34. The topological polar surface area (TPSA) is 13.3 Å². The summed E-state index contributed by atoms with van der Waals surface area (Å²) >= 11 is 1.75. The molecule has 90 valence electrons. The first-order valence-corrected chi connectivity index (χ1v) is 6.66. The number of rotatable bonds is 2. The molecule has 0 fully saturated rings. The van der Waals surface area contributed by atoms with Gasteiger partial charge in [0.1, 0.15) is 0 Å². The minimum Gasteiger partial charge on any atom is -0.446 e. The van der Waals surface area contributed by atoms with Gasteiger partial charge in [0.05, 0.1) is 7.11 Å². The molecule has 3 aromatic rings. The molecule has 0 aliphatic rings. The zero-order chi connectivity index (χ0) is 12.5. The zero-order valence-electron chi connectivity index (χ0n) is 10.4. The number of pyridine rings is 1. The highest BCUT2D eigenvalue weighted by molar-refractivity contribution is 7.20. The van der Waals surface area contributed by atoms with Gasteiger partial charge in [0.15, 0.2) is 10.6 Å². The van der Waals surface area contributed by atoms with Gasteiger partial charge in [0.2, 0.25) is 0 Å². The maximum atomic E-state index is 5.61. The lowest BCUT2D eigenvalue weighted by Crippen LogP contribution is -2.24. The van der Waals surface area contributed by atoms with E-state index in [0.29, 0.717) is 0 Å². The Bertz CT molecular complexity index is 688. The quantitative estimate of drug-likeness (QED) is 0.640. The first-order chi connectivity index (χ1) is 8.81. The van der Waals surface area contributed by atoms with Crippen molar-refractivity contribution < 1.29 is 9.14 Å². The van der Waals surface area contributed by atoms with Crippen molar-refractivity contribution in [2.45, 2.75) is 6.92 Å². The van der Waals surface area contributed by atoms with Crippen LogP contribution in [0.2, 0.25) is 0 Å². The summed E-state index contributed by atoms with van der Waals surface area (Å²) in [5.41, 5.74) is 2.38. The minimum atomic E-state index is 0.916. The number of aromatic nitrogens is 1. The molecule has 0 bridgehead atoms. The Balaban J connectivity index is 2.34. The van der Waals surface area contributed by atoms with E-state index in [2.05, 4.69) is 53.8 Å². The number of hydrogen-bond donors (Lipinski definition) is 0. The summed E-state index contributed by atoms with van der Waals surface area (Å²) in [4.78, 5) is 2.37. The Morgan fingerprint density at radius 3 is 2.50 bits per heavy atom. The van der Waals surface area contributed by atoms with E-state index in [1.54, 1.807) is 18.4 Å². The predicted molar refractivity (Wildman–Crippen MR) is 74.2 cm³/mol. The minimum absolute atomic E-state index is 0.916. The molecular formula is C15H14NOS+. The molecule has 2 nitrogen and oxygen atoms in total. The first kappa shape index (κ1) is 11.2. The number of benzene rings is 1. The summed E-state index contributed by atoms with van der Waals surface area (Å²) in [6.45, 7) is 2.09. The maximum Gasteiger partial charge on any atom is 0.393 e. The van der Waals surface area contributed by atoms with Crippen LogP contribution in [-0.2, 0) is 0 Å². The van der Waals surface area contributed by atoms with Gasteiger partial charge in [-0.25, -0.2) is 0 Å². The van der Waals surface area contributed by atoms with Crippen molar-refractivity contribution >= 4 is 16.2 Å². The number of nitrogens with zero attached hydrogens (tertiary/aromatic N) is 1. The molecule has 0 saturated heterocycles. The summed E-state index contributed by atoms with van der Waals surface area (Å²) < 4.78 is 7.77. The molecule has 0 aliphatic carbocycles. The summed E-state index contributed by atoms with van der Waals surface area (Å²) in [6.07, 6.45) is 0. The molecule has 0 amide bonds. The van der Waals surface area contributed by atoms with Gasteiger partial charge >= 0.3 is 5.88 Å². The second-order valence-electron chi connectivity index (χ2n) is 4.15. The SMILES string of the molecule is COc1c(-c2ccccc2)sc2cccc(C)[n+]12. The third-order valence-corrected chi connectivity index (χ3v) is 4.12. The van der Waals surface area contributed by atoms with Gasteiger partial charge in [-0.15, -0.1) is 4.40 Å². The first-order valence-electron chi connectivity index (χ1n) is 5.85. The molecule has 0 atom stereocenters. The number of aryl methyl sites for hydroxylation is 1. The average molecular weight is 256 g/mol. The Labute approximate surface area is 110 Å². The molecule has 2 aromatic heterocycles. The third kappa shape index (κ3) is 1.68. The largest absolute Gasteiger partial charge is 0.446 e. The van der Waals surface area contributed by atoms with Crippen molar-refractivity contribution in [2.24, 2.45) is 0 Å². The molecule has 0 radical (unpaired) electrons. The molecule has 0 spiro atoms. The number of ether oxygens (including phenoxy) is 1. The second kappa shape index (κ2) is 4.42. The van der Waals surface area contributed by atoms with Gasteiger partial charge < -0.3 is 4.74 Å². The van der Waals surface area contributed by atoms with E-state index in [4.69, 9.17) is 4.74 Å². The van der Waals surface area contributed by atoms with E-state index in [-0.39, 0.29) is 0 Å². The van der Waals surface area contributed by atoms with Gasteiger partial charge in [-0.2, -0.15) is 0 Å². The summed E-state index contributed by atoms with van der Waals surface area (Å²) in [5, 5.41) is 0. The van der Waals surface area contributed by atoms with Crippen molar-refractivity contribution in [1.82, 2.24) is 0 Å². The van der Waals surface area contributed by atoms with Crippen molar-refractivity contribution in [1.29, 1.82) is 0 Å². The Morgan fingerprint density at radius 1 is 1.00 bits per heavy atom. The van der Waals surface area contributed by atoms with E-state index in [1.807, 2.05) is 6.07 Å². The normalized spacial score (nSPS) is 10.8. The Morgan fingerprint density at radius 2 is 1.78 bits per heavy atom. The van der Waals surface area contributed by atoms with Crippen molar-refractivity contribution in [2.75, 3.05) is 7.11 Å². The van der Waals surface area contributed by atoms with Gasteiger partial charge in [-0.05, 0) is 6.07 Å². The lowest BCUT2D eigenvalue weighted by Gasteiger charge is -1.97. The predicted octanol–water partition coefficient (Wildman–Crippen LogP) is 3.47. The molecule has 0 saturated carbocycles. The summed E-state index contributed by atoms with van der Waals surface area (Å²) in [7, 11) is 1.73. The van der Waals surface area contributed by atoms with Crippen LogP contribution in [0.15, 0.2) is 48.5 Å². The van der Waals surface area contributed by atoms with Gasteiger partial charge in [0, 0.05) is 24.6 Å². The van der Waals surface area contributed by atoms with E-state index >= 15 is 0 Å². The fourth-order valence-electron chi connectivity index (χ4n) is 2.14. The molecule has 3 rings (SSSR count). The van der Waals surface area contributed by atoms with Crippen LogP contribution in [-0.4, -0.2) is 7.11 Å². The van der Waals surface area contributed by atoms with Crippen LogP contribution < -0.4 is 9.14 Å². The molecule has 0 N–H and O–H groups in total. The highest BCUT2D eigenvalue weighted by atomic mass is 32.1. The number of methoxy groups -OCH3 is 1. The molecule has 1 aromatic carbocycles. The average Bonchev–Trinajstić information content (AvgIpc) is 2.79. The fraction of sp³-hybridized carbons (Fsp3) is 0.133. The van der Waals surface area contributed by atoms with E-state index in [1.165, 1.54) is 21.0 Å². The van der Waals surface area contributed by atoms with Crippen LogP contribution in [0.5, 0.6) is 5.88 Å². The van der Waals surface area contributed by atoms with Gasteiger partial charge in [-0.1, -0.05) is 41.7 Å². The zero-order valence-corrected chi connectivity index (χ0v) is 11.2. The highest BCUT2D eigenvalue weighted by Gasteiger charge is 2.24. The maximum absolute atomic E-state index is 5.61. The molecule has 18 heavy (non-hydrogen) atoms. The van der Waals surface area contributed by atoms with Crippen LogP contribution in [0.1, 0.15) is 5.69 Å². The van der Waals surface area contributed by atoms with Gasteiger partial charge in [0.25, 0.3) is 4.83 Å². The van der Waals surface area contributed by atoms with E-state index in [0.717, 1.165) is 5.88 Å². The van der Waals surface area contributed by atoms with Crippen LogP contribution in [0.4, 0.5) is 0 Å². The van der Waals surface area contributed by atoms with Crippen LogP contribution >= 0.6 is 11.3 Å². The Hall–Kier alpha value is -1.87. The standard InChI is InChI=1S/C15H14NOS/c1-11-7-6-10-13-16(11)15(17-2)14(18-13)12-8-4-3-5-9-12/h3-10H,1-2H3/q+1. The van der Waals surface area contributed by atoms with Crippen molar-refractivity contribution in [3.63, 3.8) is 0 Å². The third-order valence-electron chi connectivity index (χ3n) is 2.98. The van der Waals surface area contributed by atoms with Crippen LogP contribution in [0.25, 0.3) is 15.3 Å².